The number of rotatable bonds is 6. The predicted molar refractivity (Wildman–Crippen MR) is 96.8 cm³/mol. The van der Waals surface area contributed by atoms with Gasteiger partial charge in [0.1, 0.15) is 17.3 Å². The van der Waals surface area contributed by atoms with Crippen LogP contribution in [0.15, 0.2) is 52.0 Å². The third-order valence-corrected chi connectivity index (χ3v) is 5.61. The van der Waals surface area contributed by atoms with E-state index in [0.717, 1.165) is 0 Å². The van der Waals surface area contributed by atoms with Crippen LogP contribution in [0.25, 0.3) is 0 Å². The number of sulfonamides is 1. The van der Waals surface area contributed by atoms with Crippen molar-refractivity contribution < 1.29 is 22.4 Å². The molecule has 0 saturated heterocycles. The second kappa shape index (κ2) is 7.28. The van der Waals surface area contributed by atoms with Crippen LogP contribution < -0.4 is 9.46 Å². The van der Waals surface area contributed by atoms with E-state index < -0.39 is 15.9 Å². The summed E-state index contributed by atoms with van der Waals surface area (Å²) in [5, 5.41) is 4.07. The minimum atomic E-state index is -4.09. The summed E-state index contributed by atoms with van der Waals surface area (Å²) in [6.45, 7) is 3.25. The number of aryl methyl sites for hydroxylation is 2. The topological polar surface area (TPSA) is 103 Å². The fraction of sp³-hybridized carbons (Fsp3) is 0.222. The standard InChI is InChI=1S/C18H19N3O5S/c1-12-17(13(2)21(3)19-12)27(23,24)20-18(22)16-14(9-10-25-16)11-26-15-7-5-4-6-8-15/h4-10H,11H2,1-3H3,(H,20,22). The lowest BCUT2D eigenvalue weighted by Gasteiger charge is -2.08. The van der Waals surface area contributed by atoms with Crippen molar-refractivity contribution in [3.05, 3.63) is 65.4 Å². The van der Waals surface area contributed by atoms with Crippen LogP contribution in [0.1, 0.15) is 27.5 Å². The second-order valence-electron chi connectivity index (χ2n) is 5.93. The van der Waals surface area contributed by atoms with Crippen LogP contribution in [0.2, 0.25) is 0 Å². The number of carbonyl (C=O) groups is 1. The number of furan rings is 1. The molecule has 0 atom stereocenters. The summed E-state index contributed by atoms with van der Waals surface area (Å²) < 4.78 is 39.5. The van der Waals surface area contributed by atoms with Crippen molar-refractivity contribution >= 4 is 15.9 Å². The summed E-state index contributed by atoms with van der Waals surface area (Å²) in [5.74, 6) is -0.359. The quantitative estimate of drug-likeness (QED) is 0.694. The van der Waals surface area contributed by atoms with E-state index in [1.807, 2.05) is 22.9 Å². The fourth-order valence-electron chi connectivity index (χ4n) is 2.69. The van der Waals surface area contributed by atoms with Gasteiger partial charge in [-0.25, -0.2) is 13.1 Å². The maximum absolute atomic E-state index is 12.6. The molecule has 2 heterocycles. The lowest BCUT2D eigenvalue weighted by Crippen LogP contribution is -2.31. The van der Waals surface area contributed by atoms with Gasteiger partial charge in [0.15, 0.2) is 5.76 Å². The molecule has 0 aliphatic rings. The van der Waals surface area contributed by atoms with Crippen LogP contribution >= 0.6 is 0 Å². The molecule has 8 nitrogen and oxygen atoms in total. The van der Waals surface area contributed by atoms with E-state index in [-0.39, 0.29) is 17.3 Å². The van der Waals surface area contributed by atoms with Gasteiger partial charge in [-0.2, -0.15) is 5.10 Å². The smallest absolute Gasteiger partial charge is 0.301 e. The Kier molecular flexibility index (Phi) is 5.04. The van der Waals surface area contributed by atoms with Crippen molar-refractivity contribution in [1.82, 2.24) is 14.5 Å². The summed E-state index contributed by atoms with van der Waals surface area (Å²) in [5.41, 5.74) is 1.17. The zero-order valence-electron chi connectivity index (χ0n) is 15.1. The minimum Gasteiger partial charge on any atom is -0.489 e. The van der Waals surface area contributed by atoms with E-state index in [9.17, 15) is 13.2 Å². The third-order valence-electron chi connectivity index (χ3n) is 4.03. The molecule has 27 heavy (non-hydrogen) atoms. The molecule has 0 saturated carbocycles. The molecule has 0 unspecified atom stereocenters. The highest BCUT2D eigenvalue weighted by molar-refractivity contribution is 7.90. The van der Waals surface area contributed by atoms with Gasteiger partial charge in [-0.15, -0.1) is 0 Å². The monoisotopic (exact) mass is 389 g/mol. The maximum Gasteiger partial charge on any atom is 0.301 e. The number of ether oxygens (including phenoxy) is 1. The molecule has 0 bridgehead atoms. The van der Waals surface area contributed by atoms with Gasteiger partial charge >= 0.3 is 5.91 Å². The molecular formula is C18H19N3O5S. The summed E-state index contributed by atoms with van der Waals surface area (Å²) in [6, 6.07) is 10.6. The average molecular weight is 389 g/mol. The molecule has 0 aliphatic heterocycles. The van der Waals surface area contributed by atoms with Crippen molar-refractivity contribution in [3.63, 3.8) is 0 Å². The van der Waals surface area contributed by atoms with Gasteiger partial charge < -0.3 is 9.15 Å². The second-order valence-corrected chi connectivity index (χ2v) is 7.55. The number of nitrogens with zero attached hydrogens (tertiary/aromatic N) is 2. The largest absolute Gasteiger partial charge is 0.489 e. The Labute approximate surface area is 156 Å². The van der Waals surface area contributed by atoms with Gasteiger partial charge in [-0.05, 0) is 32.0 Å². The SMILES string of the molecule is Cc1nn(C)c(C)c1S(=O)(=O)NC(=O)c1occc1COc1ccccc1. The number of hydrogen-bond acceptors (Lipinski definition) is 6. The van der Waals surface area contributed by atoms with E-state index in [4.69, 9.17) is 9.15 Å². The molecule has 0 aliphatic carbocycles. The van der Waals surface area contributed by atoms with Crippen LogP contribution in [-0.2, 0) is 23.7 Å². The molecule has 1 N–H and O–H groups in total. The third kappa shape index (κ3) is 3.87. The number of carbonyl (C=O) groups excluding carboxylic acids is 1. The molecule has 0 fully saturated rings. The van der Waals surface area contributed by atoms with Crippen LogP contribution in [0.5, 0.6) is 5.75 Å². The van der Waals surface area contributed by atoms with Crippen molar-refractivity contribution in [3.8, 4) is 5.75 Å². The first-order valence-corrected chi connectivity index (χ1v) is 9.59. The molecule has 0 spiro atoms. The summed E-state index contributed by atoms with van der Waals surface area (Å²) in [4.78, 5) is 12.5. The van der Waals surface area contributed by atoms with E-state index in [1.54, 1.807) is 39.1 Å². The van der Waals surface area contributed by atoms with Crippen molar-refractivity contribution in [2.75, 3.05) is 0 Å². The van der Waals surface area contributed by atoms with Gasteiger partial charge in [0.05, 0.1) is 17.7 Å². The number of hydrogen-bond donors (Lipinski definition) is 1. The van der Waals surface area contributed by atoms with Crippen molar-refractivity contribution in [2.24, 2.45) is 7.05 Å². The average Bonchev–Trinajstić information content (AvgIpc) is 3.18. The molecule has 9 heteroatoms. The Bertz CT molecular complexity index is 1070. The molecule has 142 valence electrons. The van der Waals surface area contributed by atoms with E-state index in [1.165, 1.54) is 10.9 Å². The number of para-hydroxylation sites is 1. The molecule has 0 radical (unpaired) electrons. The lowest BCUT2D eigenvalue weighted by atomic mass is 10.2. The highest BCUT2D eigenvalue weighted by Crippen LogP contribution is 2.20. The zero-order valence-corrected chi connectivity index (χ0v) is 15.9. The van der Waals surface area contributed by atoms with Crippen LogP contribution in [0.4, 0.5) is 0 Å². The first-order chi connectivity index (χ1) is 12.8. The first kappa shape index (κ1) is 18.7. The van der Waals surface area contributed by atoms with Gasteiger partial charge in [0.25, 0.3) is 10.0 Å². The zero-order chi connectivity index (χ0) is 19.6. The summed E-state index contributed by atoms with van der Waals surface area (Å²) >= 11 is 0. The van der Waals surface area contributed by atoms with Gasteiger partial charge in [0, 0.05) is 12.6 Å². The van der Waals surface area contributed by atoms with Gasteiger partial charge in [0.2, 0.25) is 0 Å². The molecular weight excluding hydrogens is 370 g/mol. The Morgan fingerprint density at radius 3 is 2.56 bits per heavy atom. The molecule has 2 aromatic heterocycles. The highest BCUT2D eigenvalue weighted by atomic mass is 32.2. The number of benzene rings is 1. The molecule has 1 amide bonds. The minimum absolute atomic E-state index is 0.0213. The van der Waals surface area contributed by atoms with E-state index in [2.05, 4.69) is 5.10 Å². The highest BCUT2D eigenvalue weighted by Gasteiger charge is 2.28. The van der Waals surface area contributed by atoms with Gasteiger partial charge in [-0.1, -0.05) is 18.2 Å². The van der Waals surface area contributed by atoms with Crippen LogP contribution in [0, 0.1) is 13.8 Å². The van der Waals surface area contributed by atoms with Crippen molar-refractivity contribution in [2.45, 2.75) is 25.3 Å². The Morgan fingerprint density at radius 2 is 1.93 bits per heavy atom. The predicted octanol–water partition coefficient (Wildman–Crippen LogP) is 2.33. The van der Waals surface area contributed by atoms with Crippen LogP contribution in [-0.4, -0.2) is 24.1 Å². The summed E-state index contributed by atoms with van der Waals surface area (Å²) in [7, 11) is -2.46. The Balaban J connectivity index is 1.78. The van der Waals surface area contributed by atoms with Gasteiger partial charge in [-0.3, -0.25) is 9.48 Å². The Morgan fingerprint density at radius 1 is 1.22 bits per heavy atom. The lowest BCUT2D eigenvalue weighted by molar-refractivity contribution is 0.0951. The van der Waals surface area contributed by atoms with E-state index >= 15 is 0 Å². The first-order valence-electron chi connectivity index (χ1n) is 8.11. The normalized spacial score (nSPS) is 11.4. The maximum atomic E-state index is 12.6. The number of amides is 1. The summed E-state index contributed by atoms with van der Waals surface area (Å²) in [6.07, 6.45) is 1.31. The van der Waals surface area contributed by atoms with E-state index in [0.29, 0.717) is 22.7 Å². The van der Waals surface area contributed by atoms with Crippen LogP contribution in [0.3, 0.4) is 0 Å². The molecule has 3 rings (SSSR count). The fourth-order valence-corrected chi connectivity index (χ4v) is 4.08. The number of aromatic nitrogens is 2. The Hall–Kier alpha value is -3.07. The molecule has 3 aromatic rings. The molecule has 1 aromatic carbocycles. The van der Waals surface area contributed by atoms with Crippen molar-refractivity contribution in [1.29, 1.82) is 0 Å². The number of nitrogens with one attached hydrogen (secondary N) is 1.